The first-order valence-corrected chi connectivity index (χ1v) is 3.85. The summed E-state index contributed by atoms with van der Waals surface area (Å²) < 4.78 is 5.07. The number of nitriles is 1. The van der Waals surface area contributed by atoms with E-state index in [9.17, 15) is 4.79 Å². The lowest BCUT2D eigenvalue weighted by molar-refractivity contribution is 0.101. The van der Waals surface area contributed by atoms with Crippen LogP contribution in [0.4, 0.5) is 0 Å². The SMILES string of the molecule is CC(=O)c1ccccc1OCC#N. The fraction of sp³-hybridized carbons (Fsp3) is 0.200. The molecule has 0 heterocycles. The molecule has 13 heavy (non-hydrogen) atoms. The van der Waals surface area contributed by atoms with Crippen molar-refractivity contribution in [2.75, 3.05) is 6.61 Å². The van der Waals surface area contributed by atoms with Crippen molar-refractivity contribution >= 4 is 5.78 Å². The Labute approximate surface area is 76.6 Å². The van der Waals surface area contributed by atoms with Crippen LogP contribution in [0, 0.1) is 11.3 Å². The molecule has 66 valence electrons. The summed E-state index contributed by atoms with van der Waals surface area (Å²) in [6, 6.07) is 8.72. The third-order valence-electron chi connectivity index (χ3n) is 1.56. The lowest BCUT2D eigenvalue weighted by Crippen LogP contribution is -2.00. The van der Waals surface area contributed by atoms with Crippen molar-refractivity contribution in [3.05, 3.63) is 29.8 Å². The van der Waals surface area contributed by atoms with Gasteiger partial charge in [-0.1, -0.05) is 12.1 Å². The highest BCUT2D eigenvalue weighted by Crippen LogP contribution is 2.17. The minimum atomic E-state index is -0.0615. The smallest absolute Gasteiger partial charge is 0.174 e. The Morgan fingerprint density at radius 2 is 2.23 bits per heavy atom. The zero-order valence-electron chi connectivity index (χ0n) is 7.28. The molecule has 3 heteroatoms. The summed E-state index contributed by atoms with van der Waals surface area (Å²) in [5.74, 6) is 0.407. The molecule has 0 spiro atoms. The summed E-state index contributed by atoms with van der Waals surface area (Å²) >= 11 is 0. The van der Waals surface area contributed by atoms with Gasteiger partial charge in [0.05, 0.1) is 5.56 Å². The van der Waals surface area contributed by atoms with Crippen molar-refractivity contribution in [1.29, 1.82) is 5.26 Å². The summed E-state index contributed by atoms with van der Waals surface area (Å²) in [6.07, 6.45) is 0. The second-order valence-electron chi connectivity index (χ2n) is 2.50. The van der Waals surface area contributed by atoms with Gasteiger partial charge in [-0.05, 0) is 19.1 Å². The number of nitrogens with zero attached hydrogens (tertiary/aromatic N) is 1. The quantitative estimate of drug-likeness (QED) is 0.658. The Hall–Kier alpha value is -1.82. The van der Waals surface area contributed by atoms with Crippen LogP contribution in [0.25, 0.3) is 0 Å². The third-order valence-corrected chi connectivity index (χ3v) is 1.56. The molecule has 1 aromatic rings. The average molecular weight is 175 g/mol. The van der Waals surface area contributed by atoms with Gasteiger partial charge in [0.1, 0.15) is 11.8 Å². The first kappa shape index (κ1) is 9.27. The lowest BCUT2D eigenvalue weighted by Gasteiger charge is -2.05. The number of carbonyl (C=O) groups is 1. The highest BCUT2D eigenvalue weighted by molar-refractivity contribution is 5.96. The topological polar surface area (TPSA) is 50.1 Å². The fourth-order valence-electron chi connectivity index (χ4n) is 0.993. The molecule has 0 atom stereocenters. The summed E-state index contributed by atoms with van der Waals surface area (Å²) in [4.78, 5) is 11.1. The van der Waals surface area contributed by atoms with Gasteiger partial charge in [0.25, 0.3) is 0 Å². The van der Waals surface area contributed by atoms with Crippen molar-refractivity contribution in [2.24, 2.45) is 0 Å². The van der Waals surface area contributed by atoms with Gasteiger partial charge in [0.15, 0.2) is 12.4 Å². The summed E-state index contributed by atoms with van der Waals surface area (Å²) in [6.45, 7) is 1.43. The van der Waals surface area contributed by atoms with Crippen LogP contribution >= 0.6 is 0 Å². The maximum atomic E-state index is 11.1. The van der Waals surface area contributed by atoms with Gasteiger partial charge in [-0.25, -0.2) is 0 Å². The van der Waals surface area contributed by atoms with E-state index in [1.54, 1.807) is 24.3 Å². The van der Waals surface area contributed by atoms with Crippen LogP contribution in [0.15, 0.2) is 24.3 Å². The molecule has 0 aromatic heterocycles. The molecule has 1 aromatic carbocycles. The molecular weight excluding hydrogens is 166 g/mol. The third kappa shape index (κ3) is 2.31. The predicted molar refractivity (Wildman–Crippen MR) is 47.6 cm³/mol. The van der Waals surface area contributed by atoms with Crippen LogP contribution < -0.4 is 4.74 Å². The lowest BCUT2D eigenvalue weighted by atomic mass is 10.1. The number of hydrogen-bond donors (Lipinski definition) is 0. The maximum Gasteiger partial charge on any atom is 0.174 e. The van der Waals surface area contributed by atoms with Crippen molar-refractivity contribution in [3.8, 4) is 11.8 Å². The van der Waals surface area contributed by atoms with Gasteiger partial charge < -0.3 is 4.74 Å². The molecule has 3 nitrogen and oxygen atoms in total. The molecule has 0 unspecified atom stereocenters. The van der Waals surface area contributed by atoms with E-state index >= 15 is 0 Å². The minimum absolute atomic E-state index is 0.0374. The Morgan fingerprint density at radius 1 is 1.54 bits per heavy atom. The number of rotatable bonds is 3. The van der Waals surface area contributed by atoms with Crippen LogP contribution in [0.3, 0.4) is 0 Å². The molecule has 0 amide bonds. The molecular formula is C10H9NO2. The number of carbonyl (C=O) groups excluding carboxylic acids is 1. The van der Waals surface area contributed by atoms with Crippen LogP contribution in [0.1, 0.15) is 17.3 Å². The Bertz CT molecular complexity index is 352. The molecule has 0 radical (unpaired) electrons. The van der Waals surface area contributed by atoms with Gasteiger partial charge >= 0.3 is 0 Å². The average Bonchev–Trinajstić information content (AvgIpc) is 2.15. The predicted octanol–water partition coefficient (Wildman–Crippen LogP) is 1.79. The van der Waals surface area contributed by atoms with Crippen LogP contribution in [-0.2, 0) is 0 Å². The molecule has 0 aliphatic rings. The molecule has 0 saturated heterocycles. The number of hydrogen-bond acceptors (Lipinski definition) is 3. The number of Topliss-reactive ketones (excluding diaryl/α,β-unsaturated/α-hetero) is 1. The van der Waals surface area contributed by atoms with Crippen LogP contribution in [-0.4, -0.2) is 12.4 Å². The first-order chi connectivity index (χ1) is 6.25. The molecule has 0 saturated carbocycles. The minimum Gasteiger partial charge on any atom is -0.478 e. The van der Waals surface area contributed by atoms with Crippen molar-refractivity contribution < 1.29 is 9.53 Å². The van der Waals surface area contributed by atoms with Crippen molar-refractivity contribution in [2.45, 2.75) is 6.92 Å². The van der Waals surface area contributed by atoms with Crippen molar-refractivity contribution in [1.82, 2.24) is 0 Å². The van der Waals surface area contributed by atoms with E-state index in [4.69, 9.17) is 10.00 Å². The zero-order chi connectivity index (χ0) is 9.68. The van der Waals surface area contributed by atoms with Crippen LogP contribution in [0.2, 0.25) is 0 Å². The largest absolute Gasteiger partial charge is 0.478 e. The highest BCUT2D eigenvalue weighted by atomic mass is 16.5. The molecule has 0 aliphatic heterocycles. The second-order valence-corrected chi connectivity index (χ2v) is 2.50. The Balaban J connectivity index is 2.92. The standard InChI is InChI=1S/C10H9NO2/c1-8(12)9-4-2-3-5-10(9)13-7-6-11/h2-5H,7H2,1H3. The molecule has 0 bridgehead atoms. The van der Waals surface area contributed by atoms with E-state index in [0.29, 0.717) is 11.3 Å². The Kier molecular flexibility index (Phi) is 3.04. The van der Waals surface area contributed by atoms with Crippen molar-refractivity contribution in [3.63, 3.8) is 0 Å². The van der Waals surface area contributed by atoms with E-state index in [0.717, 1.165) is 0 Å². The molecule has 1 rings (SSSR count). The van der Waals surface area contributed by atoms with Gasteiger partial charge in [-0.2, -0.15) is 5.26 Å². The van der Waals surface area contributed by atoms with Gasteiger partial charge in [-0.3, -0.25) is 4.79 Å². The van der Waals surface area contributed by atoms with Gasteiger partial charge in [-0.15, -0.1) is 0 Å². The first-order valence-electron chi connectivity index (χ1n) is 3.85. The fourth-order valence-corrected chi connectivity index (χ4v) is 0.993. The Morgan fingerprint density at radius 3 is 2.85 bits per heavy atom. The number of ketones is 1. The number of para-hydroxylation sites is 1. The molecule has 0 N–H and O–H groups in total. The van der Waals surface area contributed by atoms with E-state index in [1.807, 2.05) is 6.07 Å². The van der Waals surface area contributed by atoms with Gasteiger partial charge in [0, 0.05) is 0 Å². The summed E-state index contributed by atoms with van der Waals surface area (Å²) in [5, 5.41) is 8.30. The molecule has 0 aliphatic carbocycles. The second kappa shape index (κ2) is 4.27. The summed E-state index contributed by atoms with van der Waals surface area (Å²) in [7, 11) is 0. The van der Waals surface area contributed by atoms with E-state index < -0.39 is 0 Å². The van der Waals surface area contributed by atoms with E-state index in [2.05, 4.69) is 0 Å². The van der Waals surface area contributed by atoms with E-state index in [1.165, 1.54) is 6.92 Å². The number of ether oxygens (including phenoxy) is 1. The number of benzene rings is 1. The molecule has 0 fully saturated rings. The zero-order valence-corrected chi connectivity index (χ0v) is 7.28. The van der Waals surface area contributed by atoms with Crippen LogP contribution in [0.5, 0.6) is 5.75 Å². The highest BCUT2D eigenvalue weighted by Gasteiger charge is 2.06. The maximum absolute atomic E-state index is 11.1. The monoisotopic (exact) mass is 175 g/mol. The van der Waals surface area contributed by atoms with Gasteiger partial charge in [0.2, 0.25) is 0 Å². The van der Waals surface area contributed by atoms with E-state index in [-0.39, 0.29) is 12.4 Å². The normalized spacial score (nSPS) is 8.92. The summed E-state index contributed by atoms with van der Waals surface area (Å²) in [5.41, 5.74) is 0.512.